The summed E-state index contributed by atoms with van der Waals surface area (Å²) < 4.78 is 0. The molecule has 0 saturated heterocycles. The fourth-order valence-electron chi connectivity index (χ4n) is 1.03. The van der Waals surface area contributed by atoms with Gasteiger partial charge in [-0.25, -0.2) is 0 Å². The molecule has 0 aliphatic heterocycles. The smallest absolute Gasteiger partial charge is 0.0436 e. The summed E-state index contributed by atoms with van der Waals surface area (Å²) in [6.07, 6.45) is 4.77. The lowest BCUT2D eigenvalue weighted by Crippen LogP contribution is -2.30. The number of aliphatic hydroxyl groups is 1. The number of halogens is 1. The molecular formula is C10H20ClNO. The topological polar surface area (TPSA) is 32.3 Å². The molecule has 0 bridgehead atoms. The third kappa shape index (κ3) is 8.28. The number of hydrogen-bond acceptors (Lipinski definition) is 2. The summed E-state index contributed by atoms with van der Waals surface area (Å²) in [6, 6.07) is 0. The molecule has 2 N–H and O–H groups in total. The van der Waals surface area contributed by atoms with Crippen molar-refractivity contribution in [3.63, 3.8) is 0 Å². The van der Waals surface area contributed by atoms with Crippen LogP contribution in [0.25, 0.3) is 0 Å². The second-order valence-electron chi connectivity index (χ2n) is 3.89. The van der Waals surface area contributed by atoms with Crippen LogP contribution in [0.4, 0.5) is 0 Å². The fraction of sp³-hybridized carbons (Fsp3) is 0.800. The third-order valence-electron chi connectivity index (χ3n) is 1.91. The lowest BCUT2D eigenvalue weighted by molar-refractivity contribution is 0.208. The number of hydrogen-bond donors (Lipinski definition) is 2. The van der Waals surface area contributed by atoms with E-state index in [1.165, 1.54) is 0 Å². The van der Waals surface area contributed by atoms with E-state index in [1.54, 1.807) is 0 Å². The molecule has 0 fully saturated rings. The summed E-state index contributed by atoms with van der Waals surface area (Å²) in [7, 11) is 0. The van der Waals surface area contributed by atoms with Crippen molar-refractivity contribution in [3.05, 3.63) is 12.2 Å². The van der Waals surface area contributed by atoms with Crippen LogP contribution in [0.3, 0.4) is 0 Å². The molecule has 0 aliphatic rings. The van der Waals surface area contributed by atoms with Crippen LogP contribution in [0.5, 0.6) is 0 Å². The maximum absolute atomic E-state index is 8.78. The Morgan fingerprint density at radius 3 is 2.62 bits per heavy atom. The van der Waals surface area contributed by atoms with Gasteiger partial charge in [0.2, 0.25) is 0 Å². The molecule has 3 heteroatoms. The zero-order valence-corrected chi connectivity index (χ0v) is 9.27. The van der Waals surface area contributed by atoms with Crippen LogP contribution < -0.4 is 5.32 Å². The molecule has 0 heterocycles. The minimum atomic E-state index is 0.170. The van der Waals surface area contributed by atoms with Gasteiger partial charge in [0.1, 0.15) is 0 Å². The van der Waals surface area contributed by atoms with Gasteiger partial charge in [-0.1, -0.05) is 26.0 Å². The molecule has 0 aromatic rings. The summed E-state index contributed by atoms with van der Waals surface area (Å²) in [5.74, 6) is 0.571. The number of allylic oxidation sites excluding steroid dienone is 1. The van der Waals surface area contributed by atoms with E-state index in [4.69, 9.17) is 16.7 Å². The minimum absolute atomic E-state index is 0.170. The molecule has 0 amide bonds. The van der Waals surface area contributed by atoms with E-state index < -0.39 is 0 Å². The molecule has 0 aromatic carbocycles. The maximum Gasteiger partial charge on any atom is 0.0436 e. The molecule has 0 radical (unpaired) electrons. The first-order valence-electron chi connectivity index (χ1n) is 4.65. The van der Waals surface area contributed by atoms with E-state index >= 15 is 0 Å². The van der Waals surface area contributed by atoms with Crippen molar-refractivity contribution in [2.45, 2.75) is 20.3 Å². The van der Waals surface area contributed by atoms with Crippen molar-refractivity contribution in [3.8, 4) is 0 Å². The third-order valence-corrected chi connectivity index (χ3v) is 2.09. The highest BCUT2D eigenvalue weighted by atomic mass is 35.5. The lowest BCUT2D eigenvalue weighted by Gasteiger charge is -2.23. The molecule has 78 valence electrons. The molecule has 0 rings (SSSR count). The molecule has 2 nitrogen and oxygen atoms in total. The molecule has 0 aromatic heterocycles. The van der Waals surface area contributed by atoms with Gasteiger partial charge < -0.3 is 10.4 Å². The van der Waals surface area contributed by atoms with Crippen molar-refractivity contribution in [2.75, 3.05) is 25.6 Å². The maximum atomic E-state index is 8.78. The molecule has 0 aliphatic carbocycles. The molecule has 0 saturated carbocycles. The Bertz CT molecular complexity index is 146. The van der Waals surface area contributed by atoms with Crippen LogP contribution in [0, 0.1) is 5.41 Å². The van der Waals surface area contributed by atoms with E-state index in [0.717, 1.165) is 19.5 Å². The van der Waals surface area contributed by atoms with Crippen LogP contribution in [-0.2, 0) is 0 Å². The van der Waals surface area contributed by atoms with Gasteiger partial charge in [0, 0.05) is 25.6 Å². The largest absolute Gasteiger partial charge is 0.396 e. The Labute approximate surface area is 86.0 Å². The Balaban J connectivity index is 3.45. The first kappa shape index (κ1) is 12.9. The van der Waals surface area contributed by atoms with Gasteiger partial charge in [0.05, 0.1) is 0 Å². The Hall–Kier alpha value is -0.0500. The van der Waals surface area contributed by atoms with E-state index in [1.807, 2.05) is 12.2 Å². The van der Waals surface area contributed by atoms with E-state index in [2.05, 4.69) is 19.2 Å². The second kappa shape index (κ2) is 7.36. The fourth-order valence-corrected chi connectivity index (χ4v) is 1.16. The van der Waals surface area contributed by atoms with Crippen LogP contribution in [0.15, 0.2) is 12.2 Å². The quantitative estimate of drug-likeness (QED) is 0.377. The average Bonchev–Trinajstić information content (AvgIpc) is 2.04. The Morgan fingerprint density at radius 1 is 1.38 bits per heavy atom. The monoisotopic (exact) mass is 205 g/mol. The normalized spacial score (nSPS) is 12.6. The minimum Gasteiger partial charge on any atom is -0.396 e. The predicted octanol–water partition coefficient (Wildman–Crippen LogP) is 1.78. The Kier molecular flexibility index (Phi) is 7.33. The standard InChI is InChI=1S/C10H20ClNO/c1-10(2,5-8-13)9-12-7-4-3-6-11/h3-4,12-13H,5-9H2,1-2H3/b4-3+. The number of alkyl halides is 1. The van der Waals surface area contributed by atoms with Gasteiger partial charge in [0.15, 0.2) is 0 Å². The average molecular weight is 206 g/mol. The van der Waals surface area contributed by atoms with Gasteiger partial charge in [-0.2, -0.15) is 0 Å². The van der Waals surface area contributed by atoms with Crippen molar-refractivity contribution in [1.82, 2.24) is 5.32 Å². The highest BCUT2D eigenvalue weighted by Gasteiger charge is 2.15. The molecule has 13 heavy (non-hydrogen) atoms. The summed E-state index contributed by atoms with van der Waals surface area (Å²) in [5, 5.41) is 12.1. The highest BCUT2D eigenvalue weighted by molar-refractivity contribution is 6.18. The summed E-state index contributed by atoms with van der Waals surface area (Å²) in [4.78, 5) is 0. The lowest BCUT2D eigenvalue weighted by atomic mass is 9.90. The van der Waals surface area contributed by atoms with E-state index in [-0.39, 0.29) is 12.0 Å². The van der Waals surface area contributed by atoms with Crippen LogP contribution >= 0.6 is 11.6 Å². The second-order valence-corrected chi connectivity index (χ2v) is 4.20. The van der Waals surface area contributed by atoms with Gasteiger partial charge in [0.25, 0.3) is 0 Å². The highest BCUT2D eigenvalue weighted by Crippen LogP contribution is 2.17. The van der Waals surface area contributed by atoms with Gasteiger partial charge in [-0.3, -0.25) is 0 Å². The van der Waals surface area contributed by atoms with Crippen molar-refractivity contribution < 1.29 is 5.11 Å². The zero-order valence-electron chi connectivity index (χ0n) is 8.52. The van der Waals surface area contributed by atoms with E-state index in [0.29, 0.717) is 5.88 Å². The first-order valence-corrected chi connectivity index (χ1v) is 5.18. The van der Waals surface area contributed by atoms with Crippen molar-refractivity contribution in [2.24, 2.45) is 5.41 Å². The zero-order chi connectivity index (χ0) is 10.2. The molecule has 0 unspecified atom stereocenters. The Morgan fingerprint density at radius 2 is 2.08 bits per heavy atom. The van der Waals surface area contributed by atoms with Crippen molar-refractivity contribution >= 4 is 11.6 Å². The van der Waals surface area contributed by atoms with Crippen LogP contribution in [0.2, 0.25) is 0 Å². The van der Waals surface area contributed by atoms with Crippen LogP contribution in [0.1, 0.15) is 20.3 Å². The van der Waals surface area contributed by atoms with Gasteiger partial charge >= 0.3 is 0 Å². The van der Waals surface area contributed by atoms with E-state index in [9.17, 15) is 0 Å². The summed E-state index contributed by atoms with van der Waals surface area (Å²) >= 11 is 5.47. The molecule has 0 atom stereocenters. The van der Waals surface area contributed by atoms with Gasteiger partial charge in [-0.15, -0.1) is 11.6 Å². The summed E-state index contributed by atoms with van der Waals surface area (Å²) in [6.45, 7) is 6.30. The summed E-state index contributed by atoms with van der Waals surface area (Å²) in [5.41, 5.74) is 0.170. The molecular weight excluding hydrogens is 186 g/mol. The molecule has 0 spiro atoms. The first-order chi connectivity index (χ1) is 6.12. The number of rotatable bonds is 7. The number of nitrogens with one attached hydrogen (secondary N) is 1. The SMILES string of the molecule is CC(C)(CCO)CNC/C=C/CCl. The van der Waals surface area contributed by atoms with Gasteiger partial charge in [-0.05, 0) is 11.8 Å². The van der Waals surface area contributed by atoms with Crippen LogP contribution in [-0.4, -0.2) is 30.7 Å². The predicted molar refractivity (Wildman–Crippen MR) is 58.2 cm³/mol. The number of aliphatic hydroxyl groups excluding tert-OH is 1. The van der Waals surface area contributed by atoms with Crippen molar-refractivity contribution in [1.29, 1.82) is 0 Å².